The summed E-state index contributed by atoms with van der Waals surface area (Å²) in [6.07, 6.45) is 0. The zero-order valence-corrected chi connectivity index (χ0v) is 8.66. The minimum absolute atomic E-state index is 0.776. The molecule has 14 heavy (non-hydrogen) atoms. The SMILES string of the molecule is CC1=C(c2ccccc2)OCCN1C. The van der Waals surface area contributed by atoms with Gasteiger partial charge in [0.05, 0.1) is 12.2 Å². The number of allylic oxidation sites excluding steroid dienone is 1. The summed E-state index contributed by atoms with van der Waals surface area (Å²) in [6.45, 7) is 3.85. The van der Waals surface area contributed by atoms with Gasteiger partial charge in [-0.05, 0) is 6.92 Å². The standard InChI is InChI=1S/C12H15NO/c1-10-12(14-9-8-13(10)2)11-6-4-3-5-7-11/h3-7H,8-9H2,1-2H3. The number of ether oxygens (including phenoxy) is 1. The Morgan fingerprint density at radius 3 is 2.64 bits per heavy atom. The zero-order chi connectivity index (χ0) is 9.97. The highest BCUT2D eigenvalue weighted by atomic mass is 16.5. The summed E-state index contributed by atoms with van der Waals surface area (Å²) in [7, 11) is 2.10. The maximum atomic E-state index is 5.68. The fraction of sp³-hybridized carbons (Fsp3) is 0.333. The van der Waals surface area contributed by atoms with Crippen molar-refractivity contribution in [2.75, 3.05) is 20.2 Å². The Kier molecular flexibility index (Phi) is 2.44. The summed E-state index contributed by atoms with van der Waals surface area (Å²) in [5.41, 5.74) is 2.37. The van der Waals surface area contributed by atoms with Crippen molar-refractivity contribution < 1.29 is 4.74 Å². The largest absolute Gasteiger partial charge is 0.489 e. The van der Waals surface area contributed by atoms with Crippen molar-refractivity contribution in [3.05, 3.63) is 41.6 Å². The molecule has 1 aliphatic heterocycles. The van der Waals surface area contributed by atoms with Gasteiger partial charge in [-0.1, -0.05) is 30.3 Å². The predicted molar refractivity (Wildman–Crippen MR) is 57.6 cm³/mol. The van der Waals surface area contributed by atoms with E-state index >= 15 is 0 Å². The summed E-state index contributed by atoms with van der Waals surface area (Å²) >= 11 is 0. The molecule has 0 unspecified atom stereocenters. The normalized spacial score (nSPS) is 16.9. The van der Waals surface area contributed by atoms with Crippen molar-refractivity contribution >= 4 is 5.76 Å². The molecule has 1 heterocycles. The summed E-state index contributed by atoms with van der Waals surface area (Å²) in [4.78, 5) is 2.23. The van der Waals surface area contributed by atoms with Crippen molar-refractivity contribution in [2.45, 2.75) is 6.92 Å². The molecule has 0 aliphatic carbocycles. The highest BCUT2D eigenvalue weighted by molar-refractivity contribution is 5.62. The fourth-order valence-electron chi connectivity index (χ4n) is 1.61. The maximum absolute atomic E-state index is 5.68. The molecule has 0 N–H and O–H groups in total. The Morgan fingerprint density at radius 1 is 1.21 bits per heavy atom. The van der Waals surface area contributed by atoms with Crippen molar-refractivity contribution in [1.29, 1.82) is 0 Å². The fourth-order valence-corrected chi connectivity index (χ4v) is 1.61. The van der Waals surface area contributed by atoms with E-state index < -0.39 is 0 Å². The van der Waals surface area contributed by atoms with Crippen LogP contribution in [0.3, 0.4) is 0 Å². The smallest absolute Gasteiger partial charge is 0.145 e. The summed E-state index contributed by atoms with van der Waals surface area (Å²) in [5, 5.41) is 0. The highest BCUT2D eigenvalue weighted by Crippen LogP contribution is 2.24. The maximum Gasteiger partial charge on any atom is 0.145 e. The average Bonchev–Trinajstić information content (AvgIpc) is 2.23. The van der Waals surface area contributed by atoms with E-state index in [0.29, 0.717) is 0 Å². The van der Waals surface area contributed by atoms with Crippen LogP contribution in [0.4, 0.5) is 0 Å². The zero-order valence-electron chi connectivity index (χ0n) is 8.66. The van der Waals surface area contributed by atoms with Crippen LogP contribution in [-0.2, 0) is 4.74 Å². The molecular weight excluding hydrogens is 174 g/mol. The van der Waals surface area contributed by atoms with E-state index in [4.69, 9.17) is 4.74 Å². The van der Waals surface area contributed by atoms with Crippen LogP contribution in [0.5, 0.6) is 0 Å². The van der Waals surface area contributed by atoms with Gasteiger partial charge < -0.3 is 9.64 Å². The molecule has 0 aromatic heterocycles. The summed E-state index contributed by atoms with van der Waals surface area (Å²) < 4.78 is 5.68. The van der Waals surface area contributed by atoms with Crippen LogP contribution >= 0.6 is 0 Å². The number of hydrogen-bond donors (Lipinski definition) is 0. The summed E-state index contributed by atoms with van der Waals surface area (Å²) in [6, 6.07) is 10.3. The first-order valence-electron chi connectivity index (χ1n) is 4.89. The second kappa shape index (κ2) is 3.74. The molecule has 0 atom stereocenters. The van der Waals surface area contributed by atoms with Gasteiger partial charge in [0, 0.05) is 12.6 Å². The van der Waals surface area contributed by atoms with Crippen LogP contribution in [0.25, 0.3) is 5.76 Å². The van der Waals surface area contributed by atoms with Crippen LogP contribution in [0.2, 0.25) is 0 Å². The molecular formula is C12H15NO. The minimum atomic E-state index is 0.776. The molecule has 1 aromatic carbocycles. The highest BCUT2D eigenvalue weighted by Gasteiger charge is 2.15. The van der Waals surface area contributed by atoms with Gasteiger partial charge in [0.1, 0.15) is 12.4 Å². The topological polar surface area (TPSA) is 12.5 Å². The Balaban J connectivity index is 2.38. The number of nitrogens with zero attached hydrogens (tertiary/aromatic N) is 1. The molecule has 0 bridgehead atoms. The third-order valence-corrected chi connectivity index (χ3v) is 2.61. The molecule has 1 aromatic rings. The Hall–Kier alpha value is -1.44. The minimum Gasteiger partial charge on any atom is -0.489 e. The number of hydrogen-bond acceptors (Lipinski definition) is 2. The second-order valence-corrected chi connectivity index (χ2v) is 3.55. The quantitative estimate of drug-likeness (QED) is 0.672. The lowest BCUT2D eigenvalue weighted by molar-refractivity contribution is 0.198. The van der Waals surface area contributed by atoms with E-state index in [-0.39, 0.29) is 0 Å². The first-order chi connectivity index (χ1) is 6.79. The van der Waals surface area contributed by atoms with E-state index in [1.807, 2.05) is 18.2 Å². The van der Waals surface area contributed by atoms with Gasteiger partial charge in [-0.15, -0.1) is 0 Å². The molecule has 1 aliphatic rings. The van der Waals surface area contributed by atoms with E-state index in [0.717, 1.165) is 24.5 Å². The van der Waals surface area contributed by atoms with Gasteiger partial charge in [0.2, 0.25) is 0 Å². The van der Waals surface area contributed by atoms with Gasteiger partial charge in [-0.3, -0.25) is 0 Å². The van der Waals surface area contributed by atoms with E-state index in [9.17, 15) is 0 Å². The third kappa shape index (κ3) is 1.60. The van der Waals surface area contributed by atoms with Crippen molar-refractivity contribution in [3.63, 3.8) is 0 Å². The van der Waals surface area contributed by atoms with Crippen LogP contribution in [0.1, 0.15) is 12.5 Å². The van der Waals surface area contributed by atoms with Crippen LogP contribution in [0.15, 0.2) is 36.0 Å². The molecule has 0 saturated heterocycles. The first kappa shape index (κ1) is 9.13. The molecule has 0 spiro atoms. The number of likely N-dealkylation sites (N-methyl/N-ethyl adjacent to an activating group) is 1. The molecule has 0 amide bonds. The van der Waals surface area contributed by atoms with Gasteiger partial charge in [0.25, 0.3) is 0 Å². The van der Waals surface area contributed by atoms with E-state index in [1.54, 1.807) is 0 Å². The third-order valence-electron chi connectivity index (χ3n) is 2.61. The first-order valence-corrected chi connectivity index (χ1v) is 4.89. The number of benzene rings is 1. The average molecular weight is 189 g/mol. The molecule has 0 saturated carbocycles. The van der Waals surface area contributed by atoms with Gasteiger partial charge >= 0.3 is 0 Å². The van der Waals surface area contributed by atoms with Crippen molar-refractivity contribution in [1.82, 2.24) is 4.90 Å². The van der Waals surface area contributed by atoms with Crippen molar-refractivity contribution in [3.8, 4) is 0 Å². The van der Waals surface area contributed by atoms with Crippen molar-refractivity contribution in [2.24, 2.45) is 0 Å². The second-order valence-electron chi connectivity index (χ2n) is 3.55. The molecule has 74 valence electrons. The van der Waals surface area contributed by atoms with Crippen LogP contribution in [-0.4, -0.2) is 25.1 Å². The lowest BCUT2D eigenvalue weighted by Crippen LogP contribution is -2.27. The van der Waals surface area contributed by atoms with Gasteiger partial charge in [0.15, 0.2) is 0 Å². The Morgan fingerprint density at radius 2 is 1.93 bits per heavy atom. The Bertz CT molecular complexity index is 343. The molecule has 0 fully saturated rings. The summed E-state index contributed by atoms with van der Waals surface area (Å²) in [5.74, 6) is 1.01. The lowest BCUT2D eigenvalue weighted by atomic mass is 10.1. The van der Waals surface area contributed by atoms with Gasteiger partial charge in [-0.2, -0.15) is 0 Å². The molecule has 0 radical (unpaired) electrons. The molecule has 2 rings (SSSR count). The van der Waals surface area contributed by atoms with E-state index in [2.05, 4.69) is 31.0 Å². The van der Waals surface area contributed by atoms with Gasteiger partial charge in [-0.25, -0.2) is 0 Å². The Labute approximate surface area is 84.8 Å². The van der Waals surface area contributed by atoms with E-state index in [1.165, 1.54) is 5.70 Å². The van der Waals surface area contributed by atoms with Crippen LogP contribution < -0.4 is 0 Å². The number of rotatable bonds is 1. The lowest BCUT2D eigenvalue weighted by Gasteiger charge is -2.28. The monoisotopic (exact) mass is 189 g/mol. The molecule has 2 nitrogen and oxygen atoms in total. The predicted octanol–water partition coefficient (Wildman–Crippen LogP) is 2.34. The van der Waals surface area contributed by atoms with Crippen LogP contribution in [0, 0.1) is 0 Å². The molecule has 2 heteroatoms.